The van der Waals surface area contributed by atoms with Crippen molar-refractivity contribution in [2.24, 2.45) is 0 Å². The minimum absolute atomic E-state index is 0.101. The van der Waals surface area contributed by atoms with E-state index in [9.17, 15) is 13.2 Å². The number of ketones is 1. The first-order chi connectivity index (χ1) is 14.4. The first kappa shape index (κ1) is 20.2. The molecule has 0 N–H and O–H groups in total. The molecule has 0 saturated heterocycles. The van der Waals surface area contributed by atoms with Gasteiger partial charge >= 0.3 is 0 Å². The van der Waals surface area contributed by atoms with Crippen molar-refractivity contribution in [2.75, 3.05) is 13.7 Å². The molecule has 0 radical (unpaired) electrons. The number of hydrogen-bond acceptors (Lipinski definition) is 6. The van der Waals surface area contributed by atoms with Crippen LogP contribution in [-0.2, 0) is 23.0 Å². The lowest BCUT2D eigenvalue weighted by Crippen LogP contribution is -2.36. The van der Waals surface area contributed by atoms with E-state index in [1.54, 1.807) is 13.3 Å². The van der Waals surface area contributed by atoms with Gasteiger partial charge in [-0.2, -0.15) is 4.31 Å². The number of sulfonamides is 1. The Bertz CT molecular complexity index is 1190. The van der Waals surface area contributed by atoms with Gasteiger partial charge in [0.1, 0.15) is 5.75 Å². The molecule has 1 aliphatic rings. The van der Waals surface area contributed by atoms with Crippen LogP contribution in [0.1, 0.15) is 28.5 Å². The lowest BCUT2D eigenvalue weighted by molar-refractivity contribution is 0.101. The molecule has 0 spiro atoms. The summed E-state index contributed by atoms with van der Waals surface area (Å²) in [5.74, 6) is 1.26. The van der Waals surface area contributed by atoms with Crippen LogP contribution in [0, 0.1) is 0 Å². The fourth-order valence-corrected chi connectivity index (χ4v) is 4.80. The number of aromatic nitrogens is 2. The molecule has 1 aliphatic heterocycles. The molecule has 1 aromatic heterocycles. The van der Waals surface area contributed by atoms with Crippen LogP contribution in [0.4, 0.5) is 0 Å². The normalized spacial score (nSPS) is 14.2. The monoisotopic (exact) mass is 423 g/mol. The van der Waals surface area contributed by atoms with E-state index in [1.165, 1.54) is 35.5 Å². The fraction of sp³-hybridized carbons (Fsp3) is 0.227. The summed E-state index contributed by atoms with van der Waals surface area (Å²) in [5.41, 5.74) is 3.01. The number of rotatable bonds is 5. The Morgan fingerprint density at radius 1 is 1.07 bits per heavy atom. The van der Waals surface area contributed by atoms with Crippen molar-refractivity contribution in [3.63, 3.8) is 0 Å². The number of carbonyl (C=O) groups excluding carboxylic acids is 1. The highest BCUT2D eigenvalue weighted by atomic mass is 32.2. The van der Waals surface area contributed by atoms with E-state index in [0.29, 0.717) is 24.4 Å². The van der Waals surface area contributed by atoms with Crippen LogP contribution in [-0.4, -0.2) is 42.1 Å². The van der Waals surface area contributed by atoms with E-state index in [-0.39, 0.29) is 17.2 Å². The maximum Gasteiger partial charge on any atom is 0.243 e. The second-order valence-corrected chi connectivity index (χ2v) is 9.00. The third-order valence-electron chi connectivity index (χ3n) is 5.15. The SMILES string of the molecule is COc1ccc(-c2ncc3c(n2)CCN(S(=O)(=O)c2ccc(C(C)=O)cc2)C3)cc1. The van der Waals surface area contributed by atoms with Crippen molar-refractivity contribution in [1.82, 2.24) is 14.3 Å². The Labute approximate surface area is 175 Å². The third kappa shape index (κ3) is 3.83. The van der Waals surface area contributed by atoms with Gasteiger partial charge in [-0.05, 0) is 43.3 Å². The predicted octanol–water partition coefficient (Wildman–Crippen LogP) is 3.10. The Kier molecular flexibility index (Phi) is 5.36. The molecule has 0 bridgehead atoms. The third-order valence-corrected chi connectivity index (χ3v) is 7.01. The second kappa shape index (κ2) is 7.97. The molecular weight excluding hydrogens is 402 g/mol. The summed E-state index contributed by atoms with van der Waals surface area (Å²) in [7, 11) is -2.05. The van der Waals surface area contributed by atoms with Crippen LogP contribution >= 0.6 is 0 Å². The molecule has 8 heteroatoms. The highest BCUT2D eigenvalue weighted by Crippen LogP contribution is 2.26. The van der Waals surface area contributed by atoms with Gasteiger partial charge in [0, 0.05) is 42.4 Å². The summed E-state index contributed by atoms with van der Waals surface area (Å²) in [6, 6.07) is 13.5. The molecule has 0 amide bonds. The van der Waals surface area contributed by atoms with Gasteiger partial charge in [0.2, 0.25) is 10.0 Å². The smallest absolute Gasteiger partial charge is 0.243 e. The van der Waals surface area contributed by atoms with E-state index in [4.69, 9.17) is 4.74 Å². The quantitative estimate of drug-likeness (QED) is 0.586. The summed E-state index contributed by atoms with van der Waals surface area (Å²) >= 11 is 0. The van der Waals surface area contributed by atoms with Crippen molar-refractivity contribution in [3.05, 3.63) is 71.5 Å². The molecule has 0 atom stereocenters. The molecule has 154 valence electrons. The predicted molar refractivity (Wildman–Crippen MR) is 112 cm³/mol. The van der Waals surface area contributed by atoms with Crippen molar-refractivity contribution in [3.8, 4) is 17.1 Å². The van der Waals surface area contributed by atoms with E-state index < -0.39 is 10.0 Å². The lowest BCUT2D eigenvalue weighted by atomic mass is 10.1. The zero-order chi connectivity index (χ0) is 21.3. The summed E-state index contributed by atoms with van der Waals surface area (Å²) in [5, 5.41) is 0. The van der Waals surface area contributed by atoms with Crippen LogP contribution in [0.5, 0.6) is 5.75 Å². The minimum atomic E-state index is -3.66. The number of fused-ring (bicyclic) bond motifs is 1. The first-order valence-electron chi connectivity index (χ1n) is 9.49. The van der Waals surface area contributed by atoms with E-state index >= 15 is 0 Å². The molecule has 7 nitrogen and oxygen atoms in total. The first-order valence-corrected chi connectivity index (χ1v) is 10.9. The number of Topliss-reactive ketones (excluding diaryl/α,β-unsaturated/α-hetero) is 1. The van der Waals surface area contributed by atoms with Gasteiger partial charge in [-0.15, -0.1) is 0 Å². The molecule has 0 fully saturated rings. The van der Waals surface area contributed by atoms with Gasteiger partial charge in [-0.25, -0.2) is 18.4 Å². The minimum Gasteiger partial charge on any atom is -0.497 e. The van der Waals surface area contributed by atoms with E-state index in [0.717, 1.165) is 22.6 Å². The molecule has 3 aromatic rings. The maximum atomic E-state index is 13.0. The number of nitrogens with zero attached hydrogens (tertiary/aromatic N) is 3. The Balaban J connectivity index is 1.56. The average molecular weight is 423 g/mol. The molecule has 0 aliphatic carbocycles. The van der Waals surface area contributed by atoms with Crippen LogP contribution in [0.3, 0.4) is 0 Å². The highest BCUT2D eigenvalue weighted by Gasteiger charge is 2.29. The average Bonchev–Trinajstić information content (AvgIpc) is 2.78. The second-order valence-electron chi connectivity index (χ2n) is 7.06. The molecular formula is C22H21N3O4S. The van der Waals surface area contributed by atoms with Gasteiger partial charge in [0.05, 0.1) is 17.7 Å². The number of benzene rings is 2. The zero-order valence-corrected chi connectivity index (χ0v) is 17.5. The Morgan fingerprint density at radius 2 is 1.77 bits per heavy atom. The van der Waals surface area contributed by atoms with Gasteiger partial charge in [-0.3, -0.25) is 4.79 Å². The topological polar surface area (TPSA) is 89.5 Å². The zero-order valence-electron chi connectivity index (χ0n) is 16.7. The van der Waals surface area contributed by atoms with Crippen LogP contribution in [0.2, 0.25) is 0 Å². The van der Waals surface area contributed by atoms with Crippen LogP contribution < -0.4 is 4.74 Å². The standard InChI is InChI=1S/C22H21N3O4S/c1-15(26)16-5-9-20(10-6-16)30(27,28)25-12-11-21-18(14-25)13-23-22(24-21)17-3-7-19(29-2)8-4-17/h3-10,13H,11-12,14H2,1-2H3. The van der Waals surface area contributed by atoms with Crippen LogP contribution in [0.15, 0.2) is 59.6 Å². The number of methoxy groups -OCH3 is 1. The number of carbonyl (C=O) groups is 1. The maximum absolute atomic E-state index is 13.0. The summed E-state index contributed by atoms with van der Waals surface area (Å²) in [4.78, 5) is 20.7. The van der Waals surface area contributed by atoms with Crippen LogP contribution in [0.25, 0.3) is 11.4 Å². The molecule has 0 unspecified atom stereocenters. The van der Waals surface area contributed by atoms with Crippen molar-refractivity contribution in [2.45, 2.75) is 24.8 Å². The van der Waals surface area contributed by atoms with E-state index in [1.807, 2.05) is 24.3 Å². The van der Waals surface area contributed by atoms with Gasteiger partial charge in [0.25, 0.3) is 0 Å². The molecule has 2 heterocycles. The summed E-state index contributed by atoms with van der Waals surface area (Å²) < 4.78 is 32.6. The largest absolute Gasteiger partial charge is 0.497 e. The highest BCUT2D eigenvalue weighted by molar-refractivity contribution is 7.89. The molecule has 2 aromatic carbocycles. The molecule has 4 rings (SSSR count). The van der Waals surface area contributed by atoms with Crippen molar-refractivity contribution < 1.29 is 17.9 Å². The van der Waals surface area contributed by atoms with Gasteiger partial charge in [-0.1, -0.05) is 12.1 Å². The number of ether oxygens (including phenoxy) is 1. The fourth-order valence-electron chi connectivity index (χ4n) is 3.39. The molecule has 0 saturated carbocycles. The Hall–Kier alpha value is -3.10. The van der Waals surface area contributed by atoms with Crippen molar-refractivity contribution >= 4 is 15.8 Å². The molecule has 30 heavy (non-hydrogen) atoms. The van der Waals surface area contributed by atoms with Gasteiger partial charge in [0.15, 0.2) is 11.6 Å². The lowest BCUT2D eigenvalue weighted by Gasteiger charge is -2.27. The Morgan fingerprint density at radius 3 is 2.40 bits per heavy atom. The van der Waals surface area contributed by atoms with Crippen molar-refractivity contribution in [1.29, 1.82) is 0 Å². The van der Waals surface area contributed by atoms with Gasteiger partial charge < -0.3 is 4.74 Å². The van der Waals surface area contributed by atoms with E-state index in [2.05, 4.69) is 9.97 Å². The number of hydrogen-bond donors (Lipinski definition) is 0. The summed E-state index contributed by atoms with van der Waals surface area (Å²) in [6.45, 7) is 2.00. The summed E-state index contributed by atoms with van der Waals surface area (Å²) in [6.07, 6.45) is 2.20.